The average molecular weight is 403 g/mol. The van der Waals surface area contributed by atoms with Crippen molar-refractivity contribution in [2.75, 3.05) is 18.5 Å². The van der Waals surface area contributed by atoms with E-state index in [1.54, 1.807) is 18.2 Å². The summed E-state index contributed by atoms with van der Waals surface area (Å²) in [4.78, 5) is 15.2. The fourth-order valence-corrected chi connectivity index (χ4v) is 3.80. The van der Waals surface area contributed by atoms with E-state index in [-0.39, 0.29) is 11.5 Å². The van der Waals surface area contributed by atoms with Crippen LogP contribution in [0.25, 0.3) is 5.57 Å². The van der Waals surface area contributed by atoms with Crippen LogP contribution >= 0.6 is 0 Å². The molecule has 0 unspecified atom stereocenters. The highest BCUT2D eigenvalue weighted by molar-refractivity contribution is 6.13. The second kappa shape index (κ2) is 6.98. The van der Waals surface area contributed by atoms with Crippen molar-refractivity contribution < 1.29 is 13.4 Å². The molecule has 8 heteroatoms. The van der Waals surface area contributed by atoms with Gasteiger partial charge in [0.1, 0.15) is 42.0 Å². The average Bonchev–Trinajstić information content (AvgIpc) is 3.11. The van der Waals surface area contributed by atoms with Crippen molar-refractivity contribution in [3.05, 3.63) is 76.8 Å². The Balaban J connectivity index is 1.41. The van der Waals surface area contributed by atoms with Gasteiger partial charge < -0.3 is 9.32 Å². The molecular weight excluding hydrogens is 383 g/mol. The van der Waals surface area contributed by atoms with Gasteiger partial charge in [-0.1, -0.05) is 0 Å². The van der Waals surface area contributed by atoms with Crippen LogP contribution in [0, 0.1) is 18.2 Å². The number of nitrogens with zero attached hydrogens (tertiary/aromatic N) is 5. The quantitative estimate of drug-likeness (QED) is 0.535. The normalized spacial score (nSPS) is 15.2. The molecule has 0 radical (unpaired) electrons. The van der Waals surface area contributed by atoms with Gasteiger partial charge in [-0.05, 0) is 18.2 Å². The first-order valence-electron chi connectivity index (χ1n) is 9.68. The number of rotatable bonds is 4. The summed E-state index contributed by atoms with van der Waals surface area (Å²) in [6.07, 6.45) is 5.93. The number of fused-ring (bicyclic) bond motifs is 1. The Morgan fingerprint density at radius 3 is 2.90 bits per heavy atom. The molecule has 150 valence electrons. The van der Waals surface area contributed by atoms with E-state index in [4.69, 9.17) is 9.83 Å². The standard InChI is InChI=1S/C22H20FN6O/c1-13-27-19-11-29(6-5-20(19)30-13)21-8-18(25-12-26-21)22(24)14-3-4-17(23)16(7-14)15-9-28(2)10-15/h3-4,7-10,12,24H,5-6,11H2,1-2H3/q+1. The molecule has 0 spiro atoms. The molecular formula is C22H20FN6O+. The van der Waals surface area contributed by atoms with Crippen LogP contribution < -0.4 is 4.90 Å². The minimum absolute atomic E-state index is 0.225. The Labute approximate surface area is 172 Å². The maximum Gasteiger partial charge on any atom is 0.191 e. The van der Waals surface area contributed by atoms with Gasteiger partial charge >= 0.3 is 0 Å². The highest BCUT2D eigenvalue weighted by atomic mass is 19.1. The molecule has 4 heterocycles. The van der Waals surface area contributed by atoms with E-state index in [9.17, 15) is 4.39 Å². The van der Waals surface area contributed by atoms with E-state index >= 15 is 0 Å². The molecule has 0 atom stereocenters. The molecule has 2 aliphatic heterocycles. The number of oxazole rings is 1. The van der Waals surface area contributed by atoms with Crippen molar-refractivity contribution in [1.29, 1.82) is 5.41 Å². The van der Waals surface area contributed by atoms with Crippen molar-refractivity contribution in [1.82, 2.24) is 15.0 Å². The zero-order chi connectivity index (χ0) is 20.8. The molecule has 1 N–H and O–H groups in total. The van der Waals surface area contributed by atoms with Gasteiger partial charge in [-0.2, -0.15) is 0 Å². The Kier molecular flexibility index (Phi) is 4.27. The van der Waals surface area contributed by atoms with Gasteiger partial charge in [0.2, 0.25) is 0 Å². The molecule has 0 saturated carbocycles. The second-order valence-corrected chi connectivity index (χ2v) is 7.48. The minimum atomic E-state index is -0.308. The Bertz CT molecular complexity index is 1240. The van der Waals surface area contributed by atoms with Crippen LogP contribution in [0.5, 0.6) is 0 Å². The van der Waals surface area contributed by atoms with Gasteiger partial charge in [-0.3, -0.25) is 5.41 Å². The summed E-state index contributed by atoms with van der Waals surface area (Å²) in [7, 11) is 1.89. The summed E-state index contributed by atoms with van der Waals surface area (Å²) in [5, 5.41) is 8.63. The highest BCUT2D eigenvalue weighted by Crippen LogP contribution is 2.25. The number of hydrogen-bond donors (Lipinski definition) is 1. The molecule has 0 aliphatic carbocycles. The fourth-order valence-electron chi connectivity index (χ4n) is 3.80. The molecule has 2 aromatic heterocycles. The number of nitrogens with one attached hydrogen (secondary N) is 1. The third-order valence-corrected chi connectivity index (χ3v) is 5.32. The molecule has 30 heavy (non-hydrogen) atoms. The van der Waals surface area contributed by atoms with E-state index in [2.05, 4.69) is 19.9 Å². The lowest BCUT2D eigenvalue weighted by atomic mass is 9.98. The molecule has 0 saturated heterocycles. The lowest BCUT2D eigenvalue weighted by molar-refractivity contribution is -0.423. The highest BCUT2D eigenvalue weighted by Gasteiger charge is 2.24. The van der Waals surface area contributed by atoms with E-state index < -0.39 is 0 Å². The van der Waals surface area contributed by atoms with Crippen LogP contribution in [-0.4, -0.2) is 45.0 Å². The Morgan fingerprint density at radius 2 is 2.10 bits per heavy atom. The molecule has 0 bridgehead atoms. The topological polar surface area (TPSA) is 81.9 Å². The number of hydrogen-bond acceptors (Lipinski definition) is 6. The van der Waals surface area contributed by atoms with Crippen LogP contribution in [-0.2, 0) is 13.0 Å². The first kappa shape index (κ1) is 18.4. The summed E-state index contributed by atoms with van der Waals surface area (Å²) < 4.78 is 21.8. The molecule has 1 aromatic carbocycles. The fraction of sp³-hybridized carbons (Fsp3) is 0.227. The Hall–Kier alpha value is -3.68. The smallest absolute Gasteiger partial charge is 0.191 e. The summed E-state index contributed by atoms with van der Waals surface area (Å²) >= 11 is 0. The van der Waals surface area contributed by atoms with Gasteiger partial charge in [-0.25, -0.2) is 23.9 Å². The van der Waals surface area contributed by atoms with Crippen LogP contribution in [0.2, 0.25) is 0 Å². The summed E-state index contributed by atoms with van der Waals surface area (Å²) in [5.41, 5.74) is 3.53. The van der Waals surface area contributed by atoms with Gasteiger partial charge in [-0.15, -0.1) is 0 Å². The SMILES string of the molecule is Cc1nc2c(o1)CCN(c1cc(C(=N)c3ccc(F)c(C4=C[N+](C)=C4)c3)ncn1)C2. The second-order valence-electron chi connectivity index (χ2n) is 7.48. The molecule has 7 nitrogen and oxygen atoms in total. The third kappa shape index (κ3) is 3.20. The largest absolute Gasteiger partial charge is 0.446 e. The summed E-state index contributed by atoms with van der Waals surface area (Å²) in [6, 6.07) is 6.50. The number of benzene rings is 1. The monoisotopic (exact) mass is 403 g/mol. The molecule has 0 fully saturated rings. The minimum Gasteiger partial charge on any atom is -0.446 e. The number of allylic oxidation sites excluding steroid dienone is 1. The first-order valence-corrected chi connectivity index (χ1v) is 9.68. The van der Waals surface area contributed by atoms with Crippen molar-refractivity contribution in [2.45, 2.75) is 19.9 Å². The number of aryl methyl sites for hydroxylation is 1. The first-order chi connectivity index (χ1) is 14.5. The number of halogens is 1. The zero-order valence-corrected chi connectivity index (χ0v) is 16.7. The zero-order valence-electron chi connectivity index (χ0n) is 16.7. The maximum atomic E-state index is 14.3. The van der Waals surface area contributed by atoms with E-state index in [1.807, 2.05) is 31.0 Å². The van der Waals surface area contributed by atoms with Gasteiger partial charge in [0.05, 0.1) is 18.0 Å². The lowest BCUT2D eigenvalue weighted by Gasteiger charge is -2.26. The number of aromatic nitrogens is 3. The third-order valence-electron chi connectivity index (χ3n) is 5.32. The molecule has 5 rings (SSSR count). The lowest BCUT2D eigenvalue weighted by Crippen LogP contribution is -2.31. The molecule has 0 amide bonds. The van der Waals surface area contributed by atoms with Crippen LogP contribution in [0.1, 0.15) is 34.2 Å². The maximum absolute atomic E-state index is 14.3. The Morgan fingerprint density at radius 1 is 1.27 bits per heavy atom. The van der Waals surface area contributed by atoms with E-state index in [0.717, 1.165) is 35.8 Å². The van der Waals surface area contributed by atoms with Crippen molar-refractivity contribution in [2.24, 2.45) is 0 Å². The summed E-state index contributed by atoms with van der Waals surface area (Å²) in [5.74, 6) is 2.02. The van der Waals surface area contributed by atoms with Crippen LogP contribution in [0.4, 0.5) is 10.2 Å². The predicted octanol–water partition coefficient (Wildman–Crippen LogP) is 2.96. The summed E-state index contributed by atoms with van der Waals surface area (Å²) in [6.45, 7) is 3.21. The van der Waals surface area contributed by atoms with Crippen molar-refractivity contribution >= 4 is 23.3 Å². The van der Waals surface area contributed by atoms with E-state index in [0.29, 0.717) is 29.3 Å². The van der Waals surface area contributed by atoms with Gasteiger partial charge in [0.15, 0.2) is 18.3 Å². The van der Waals surface area contributed by atoms with Crippen molar-refractivity contribution in [3.63, 3.8) is 0 Å². The number of anilines is 1. The molecule has 2 aliphatic rings. The van der Waals surface area contributed by atoms with Crippen molar-refractivity contribution in [3.8, 4) is 0 Å². The molecule has 3 aromatic rings. The van der Waals surface area contributed by atoms with Gasteiger partial charge in [0, 0.05) is 37.1 Å². The predicted molar refractivity (Wildman–Crippen MR) is 111 cm³/mol. The van der Waals surface area contributed by atoms with Crippen LogP contribution in [0.15, 0.2) is 41.2 Å². The van der Waals surface area contributed by atoms with Crippen LogP contribution in [0.3, 0.4) is 0 Å². The van der Waals surface area contributed by atoms with Gasteiger partial charge in [0.25, 0.3) is 0 Å². The van der Waals surface area contributed by atoms with E-state index in [1.165, 1.54) is 12.4 Å².